The number of amides is 2. The number of carbonyl (C=O) groups is 2. The van der Waals surface area contributed by atoms with Gasteiger partial charge in [-0.25, -0.2) is 4.98 Å². The second-order valence-corrected chi connectivity index (χ2v) is 11.0. The summed E-state index contributed by atoms with van der Waals surface area (Å²) in [5.41, 5.74) is 8.65. The molecule has 2 amide bonds. The number of rotatable bonds is 8. The van der Waals surface area contributed by atoms with E-state index < -0.39 is 17.5 Å². The van der Waals surface area contributed by atoms with E-state index in [1.165, 1.54) is 11.1 Å². The minimum absolute atomic E-state index is 0.0484. The number of carbonyl (C=O) groups excluding carboxylic acids is 2. The van der Waals surface area contributed by atoms with E-state index in [0.717, 1.165) is 23.5 Å². The number of hydrogen-bond acceptors (Lipinski definition) is 5. The van der Waals surface area contributed by atoms with Gasteiger partial charge in [0.15, 0.2) is 0 Å². The first kappa shape index (κ1) is 26.0. The fourth-order valence-electron chi connectivity index (χ4n) is 4.94. The molecule has 0 spiro atoms. The van der Waals surface area contributed by atoms with Gasteiger partial charge in [-0.2, -0.15) is 0 Å². The number of nitrogens with one attached hydrogen (secondary N) is 1. The zero-order chi connectivity index (χ0) is 25.9. The second-order valence-electron chi connectivity index (χ2n) is 10.1. The number of likely N-dealkylation sites (tertiary alicyclic amines) is 1. The molecule has 2 aromatic carbocycles. The smallest absolute Gasteiger partial charge is 0.246 e. The summed E-state index contributed by atoms with van der Waals surface area (Å²) in [5, 5.41) is 5.94. The van der Waals surface area contributed by atoms with Crippen LogP contribution in [0.5, 0.6) is 0 Å². The quantitative estimate of drug-likeness (QED) is 0.467. The molecular weight excluding hydrogens is 468 g/mol. The molecule has 2 heterocycles. The van der Waals surface area contributed by atoms with Crippen LogP contribution in [0.4, 0.5) is 0 Å². The van der Waals surface area contributed by atoms with Crippen LogP contribution in [0.1, 0.15) is 68.4 Å². The van der Waals surface area contributed by atoms with Crippen molar-refractivity contribution in [2.45, 2.75) is 64.1 Å². The van der Waals surface area contributed by atoms with Gasteiger partial charge in [0, 0.05) is 11.9 Å². The van der Waals surface area contributed by atoms with Crippen molar-refractivity contribution in [1.82, 2.24) is 15.2 Å². The number of benzene rings is 2. The topological polar surface area (TPSA) is 88.3 Å². The van der Waals surface area contributed by atoms with Crippen LogP contribution < -0.4 is 11.1 Å². The van der Waals surface area contributed by atoms with Crippen LogP contribution in [0.15, 0.2) is 66.0 Å². The molecule has 190 valence electrons. The molecule has 36 heavy (non-hydrogen) atoms. The van der Waals surface area contributed by atoms with Crippen LogP contribution in [0.2, 0.25) is 0 Å². The summed E-state index contributed by atoms with van der Waals surface area (Å²) in [6.07, 6.45) is 1.77. The Kier molecular flexibility index (Phi) is 7.91. The van der Waals surface area contributed by atoms with E-state index in [-0.39, 0.29) is 23.8 Å². The summed E-state index contributed by atoms with van der Waals surface area (Å²) in [6, 6.07) is 19.5. The molecular formula is C29H36N4O2S. The lowest BCUT2D eigenvalue weighted by molar-refractivity contribution is -0.138. The molecule has 0 saturated carbocycles. The highest BCUT2D eigenvalue weighted by atomic mass is 32.1. The second kappa shape index (κ2) is 10.9. The number of nitrogens with zero attached hydrogens (tertiary/aromatic N) is 2. The average molecular weight is 505 g/mol. The van der Waals surface area contributed by atoms with Crippen molar-refractivity contribution in [3.63, 3.8) is 0 Å². The first-order chi connectivity index (χ1) is 17.2. The monoisotopic (exact) mass is 504 g/mol. The lowest BCUT2D eigenvalue weighted by Gasteiger charge is -2.31. The van der Waals surface area contributed by atoms with Crippen molar-refractivity contribution in [2.24, 2.45) is 11.7 Å². The predicted octanol–water partition coefficient (Wildman–Crippen LogP) is 4.65. The van der Waals surface area contributed by atoms with E-state index in [9.17, 15) is 9.59 Å². The lowest BCUT2D eigenvalue weighted by Crippen LogP contribution is -2.54. The van der Waals surface area contributed by atoms with Crippen LogP contribution in [0.3, 0.4) is 0 Å². The Bertz CT molecular complexity index is 1140. The van der Waals surface area contributed by atoms with Crippen molar-refractivity contribution < 1.29 is 9.59 Å². The third-order valence-corrected chi connectivity index (χ3v) is 8.15. The van der Waals surface area contributed by atoms with Crippen LogP contribution in [0.25, 0.3) is 0 Å². The van der Waals surface area contributed by atoms with Gasteiger partial charge >= 0.3 is 0 Å². The van der Waals surface area contributed by atoms with Crippen molar-refractivity contribution in [3.05, 3.63) is 87.9 Å². The summed E-state index contributed by atoms with van der Waals surface area (Å²) in [4.78, 5) is 33.0. The predicted molar refractivity (Wildman–Crippen MR) is 145 cm³/mol. The summed E-state index contributed by atoms with van der Waals surface area (Å²) in [6.45, 7) is 8.39. The highest BCUT2D eigenvalue weighted by molar-refractivity contribution is 7.09. The van der Waals surface area contributed by atoms with Crippen LogP contribution in [-0.4, -0.2) is 40.3 Å². The fourth-order valence-corrected chi connectivity index (χ4v) is 6.01. The summed E-state index contributed by atoms with van der Waals surface area (Å²) >= 11 is 1.61. The maximum absolute atomic E-state index is 13.6. The Morgan fingerprint density at radius 3 is 2.17 bits per heavy atom. The van der Waals surface area contributed by atoms with E-state index in [1.54, 1.807) is 18.3 Å². The molecule has 4 rings (SSSR count). The first-order valence-corrected chi connectivity index (χ1v) is 13.5. The molecule has 1 aliphatic heterocycles. The molecule has 1 unspecified atom stereocenters. The lowest BCUT2D eigenvalue weighted by atomic mass is 9.74. The maximum Gasteiger partial charge on any atom is 0.246 e. The van der Waals surface area contributed by atoms with E-state index in [2.05, 4.69) is 66.2 Å². The third-order valence-electron chi connectivity index (χ3n) is 7.20. The molecule has 3 atom stereocenters. The standard InChI is InChI=1S/C29H36N4O2S/c1-19(2)25(32-26(34)20(3)30)28(35)33-17-11-16-23(33)27-31-24(18-36-27)29(4,21-12-7-5-8-13-21)22-14-9-6-10-15-22/h5-10,12-15,18-20,23,25H,11,16-17,30H2,1-4H3,(H,32,34)/t20-,23-,25?/m0/s1. The molecule has 0 radical (unpaired) electrons. The van der Waals surface area contributed by atoms with Crippen LogP contribution in [0, 0.1) is 5.92 Å². The summed E-state index contributed by atoms with van der Waals surface area (Å²) in [5.74, 6) is -0.421. The number of hydrogen-bond donors (Lipinski definition) is 2. The van der Waals surface area contributed by atoms with Gasteiger partial charge in [0.1, 0.15) is 11.0 Å². The third kappa shape index (κ3) is 5.08. The minimum Gasteiger partial charge on any atom is -0.343 e. The average Bonchev–Trinajstić information content (AvgIpc) is 3.57. The Labute approximate surface area is 217 Å². The Morgan fingerprint density at radius 2 is 1.64 bits per heavy atom. The molecule has 1 aromatic heterocycles. The van der Waals surface area contributed by atoms with Gasteiger partial charge in [0.05, 0.1) is 23.2 Å². The Morgan fingerprint density at radius 1 is 1.06 bits per heavy atom. The van der Waals surface area contributed by atoms with Gasteiger partial charge in [-0.15, -0.1) is 11.3 Å². The summed E-state index contributed by atoms with van der Waals surface area (Å²) < 4.78 is 0. The molecule has 0 bridgehead atoms. The van der Waals surface area contributed by atoms with Gasteiger partial charge in [0.2, 0.25) is 11.8 Å². The number of thiazole rings is 1. The van der Waals surface area contributed by atoms with Crippen molar-refractivity contribution in [2.75, 3.05) is 6.54 Å². The van der Waals surface area contributed by atoms with E-state index >= 15 is 0 Å². The molecule has 1 saturated heterocycles. The highest BCUT2D eigenvalue weighted by Crippen LogP contribution is 2.42. The van der Waals surface area contributed by atoms with Gasteiger partial charge in [-0.1, -0.05) is 74.5 Å². The highest BCUT2D eigenvalue weighted by Gasteiger charge is 2.39. The molecule has 0 aliphatic carbocycles. The molecule has 3 N–H and O–H groups in total. The van der Waals surface area contributed by atoms with Gasteiger partial charge < -0.3 is 16.0 Å². The van der Waals surface area contributed by atoms with Crippen molar-refractivity contribution in [1.29, 1.82) is 0 Å². The first-order valence-electron chi connectivity index (χ1n) is 12.7. The van der Waals surface area contributed by atoms with E-state index in [4.69, 9.17) is 10.7 Å². The fraction of sp³-hybridized carbons (Fsp3) is 0.414. The largest absolute Gasteiger partial charge is 0.343 e. The molecule has 3 aromatic rings. The minimum atomic E-state index is -0.663. The SMILES string of the molecule is CC(C)C(NC(=O)[C@H](C)N)C(=O)N1CCC[C@H]1c1nc(C(C)(c2ccccc2)c2ccccc2)cs1. The van der Waals surface area contributed by atoms with E-state index in [1.807, 2.05) is 30.9 Å². The molecule has 1 aliphatic rings. The summed E-state index contributed by atoms with van der Waals surface area (Å²) in [7, 11) is 0. The van der Waals surface area contributed by atoms with Gasteiger partial charge in [-0.05, 0) is 43.7 Å². The van der Waals surface area contributed by atoms with E-state index in [0.29, 0.717) is 6.54 Å². The maximum atomic E-state index is 13.6. The van der Waals surface area contributed by atoms with Crippen molar-refractivity contribution >= 4 is 23.2 Å². The molecule has 1 fully saturated rings. The molecule has 7 heteroatoms. The normalized spacial score (nSPS) is 17.7. The Balaban J connectivity index is 1.66. The zero-order valence-electron chi connectivity index (χ0n) is 21.5. The van der Waals surface area contributed by atoms with Crippen molar-refractivity contribution in [3.8, 4) is 0 Å². The van der Waals surface area contributed by atoms with Crippen LogP contribution in [-0.2, 0) is 15.0 Å². The van der Waals surface area contributed by atoms with Gasteiger partial charge in [-0.3, -0.25) is 9.59 Å². The van der Waals surface area contributed by atoms with Gasteiger partial charge in [0.25, 0.3) is 0 Å². The van der Waals surface area contributed by atoms with Crippen LogP contribution >= 0.6 is 11.3 Å². The Hall–Kier alpha value is -3.03. The number of nitrogens with two attached hydrogens (primary N) is 1. The molecule has 6 nitrogen and oxygen atoms in total. The zero-order valence-corrected chi connectivity index (χ0v) is 22.3. The number of aromatic nitrogens is 1.